The first-order valence-electron chi connectivity index (χ1n) is 12.9. The molecule has 10 heteroatoms. The predicted octanol–water partition coefficient (Wildman–Crippen LogP) is 2.87. The van der Waals surface area contributed by atoms with Gasteiger partial charge >= 0.3 is 0 Å². The number of sulfonamides is 1. The summed E-state index contributed by atoms with van der Waals surface area (Å²) in [6.07, 6.45) is 2.93. The summed E-state index contributed by atoms with van der Waals surface area (Å²) in [7, 11) is -3.52. The zero-order chi connectivity index (χ0) is 25.6. The van der Waals surface area contributed by atoms with Gasteiger partial charge in [0.1, 0.15) is 11.6 Å². The summed E-state index contributed by atoms with van der Waals surface area (Å²) in [5.41, 5.74) is 1.51. The van der Waals surface area contributed by atoms with Crippen molar-refractivity contribution < 1.29 is 13.2 Å². The maximum Gasteiger partial charge on any atom is 0.212 e. The molecule has 36 heavy (non-hydrogen) atoms. The van der Waals surface area contributed by atoms with E-state index in [9.17, 15) is 13.2 Å². The highest BCUT2D eigenvalue weighted by Crippen LogP contribution is 2.64. The molecule has 1 N–H and O–H groups in total. The zero-order valence-corrected chi connectivity index (χ0v) is 23.1. The highest BCUT2D eigenvalue weighted by atomic mass is 32.2. The Balaban J connectivity index is 1.07. The van der Waals surface area contributed by atoms with Gasteiger partial charge in [-0.25, -0.2) is 18.1 Å². The third kappa shape index (κ3) is 4.97. The van der Waals surface area contributed by atoms with Crippen LogP contribution in [0.4, 0.5) is 5.13 Å². The van der Waals surface area contributed by atoms with Crippen molar-refractivity contribution in [3.8, 4) is 0 Å². The number of hydrogen-bond acceptors (Lipinski definition) is 8. The monoisotopic (exact) mass is 531 g/mol. The third-order valence-electron chi connectivity index (χ3n) is 8.91. The van der Waals surface area contributed by atoms with E-state index in [4.69, 9.17) is 4.98 Å². The molecule has 2 atom stereocenters. The molecular weight excluding hydrogens is 494 g/mol. The molecule has 2 heterocycles. The molecule has 2 bridgehead atoms. The first-order valence-corrected chi connectivity index (χ1v) is 15.4. The topological polar surface area (TPSA) is 95.5 Å². The molecule has 1 saturated heterocycles. The maximum absolute atomic E-state index is 12.9. The molecule has 0 radical (unpaired) electrons. The lowest BCUT2D eigenvalue weighted by molar-refractivity contribution is -0.128. The van der Waals surface area contributed by atoms with Gasteiger partial charge in [-0.1, -0.05) is 43.7 Å². The number of ketones is 1. The second-order valence-corrected chi connectivity index (χ2v) is 13.8. The first kappa shape index (κ1) is 25.8. The Hall–Kier alpha value is -1.88. The number of rotatable bonds is 9. The van der Waals surface area contributed by atoms with Gasteiger partial charge in [0, 0.05) is 69.1 Å². The number of anilines is 1. The highest BCUT2D eigenvalue weighted by molar-refractivity contribution is 7.89. The number of hydrogen-bond donors (Lipinski definition) is 1. The molecule has 1 aromatic heterocycles. The van der Waals surface area contributed by atoms with E-state index in [1.54, 1.807) is 0 Å². The van der Waals surface area contributed by atoms with Gasteiger partial charge in [-0.15, -0.1) is 0 Å². The van der Waals surface area contributed by atoms with Gasteiger partial charge in [-0.2, -0.15) is 4.37 Å². The number of aromatic nitrogens is 2. The first-order chi connectivity index (χ1) is 17.1. The molecule has 1 aromatic carbocycles. The van der Waals surface area contributed by atoms with E-state index in [1.165, 1.54) is 22.7 Å². The van der Waals surface area contributed by atoms with E-state index < -0.39 is 15.4 Å². The van der Waals surface area contributed by atoms with E-state index in [0.29, 0.717) is 31.8 Å². The van der Waals surface area contributed by atoms with Crippen molar-refractivity contribution in [1.82, 2.24) is 19.0 Å². The minimum Gasteiger partial charge on any atom is -0.344 e. The number of aryl methyl sites for hydroxylation is 1. The minimum absolute atomic E-state index is 0.0713. The Labute approximate surface area is 218 Å². The number of carbonyl (C=O) groups excluding carboxylic acids is 1. The van der Waals surface area contributed by atoms with E-state index >= 15 is 0 Å². The summed E-state index contributed by atoms with van der Waals surface area (Å²) in [6, 6.07) is 8.47. The van der Waals surface area contributed by atoms with Gasteiger partial charge in [0.25, 0.3) is 0 Å². The fraction of sp³-hybridized carbons (Fsp3) is 0.654. The number of fused-ring (bicyclic) bond motifs is 2. The molecule has 2 aromatic rings. The molecule has 8 nitrogen and oxygen atoms in total. The minimum atomic E-state index is -3.52. The van der Waals surface area contributed by atoms with Crippen molar-refractivity contribution >= 4 is 32.5 Å². The summed E-state index contributed by atoms with van der Waals surface area (Å²) >= 11 is 1.45. The van der Waals surface area contributed by atoms with Crippen LogP contribution in [0.2, 0.25) is 0 Å². The van der Waals surface area contributed by atoms with Crippen LogP contribution in [0, 0.1) is 23.7 Å². The molecule has 2 unspecified atom stereocenters. The van der Waals surface area contributed by atoms with E-state index in [0.717, 1.165) is 50.0 Å². The standard InChI is InChI=1S/C26H37N5O3S2/c1-19-4-6-20(7-5-19)16-23-28-24(35-29-23)31-14-12-30(13-15-31)11-10-27-36(33,34)18-26-9-8-21(17-22(26)32)25(26,2)3/h4-7,21,27H,8-18H2,1-3H3. The van der Waals surface area contributed by atoms with Crippen LogP contribution < -0.4 is 9.62 Å². The van der Waals surface area contributed by atoms with E-state index in [2.05, 4.69) is 63.9 Å². The summed E-state index contributed by atoms with van der Waals surface area (Å²) in [4.78, 5) is 22.0. The molecule has 0 spiro atoms. The van der Waals surface area contributed by atoms with E-state index in [-0.39, 0.29) is 17.0 Å². The molecule has 3 aliphatic rings. The number of carbonyl (C=O) groups is 1. The van der Waals surface area contributed by atoms with Gasteiger partial charge in [0.05, 0.1) is 5.75 Å². The second kappa shape index (κ2) is 9.78. The Morgan fingerprint density at radius 1 is 1.14 bits per heavy atom. The fourth-order valence-electron chi connectivity index (χ4n) is 6.34. The summed E-state index contributed by atoms with van der Waals surface area (Å²) in [5.74, 6) is 1.25. The number of benzene rings is 1. The van der Waals surface area contributed by atoms with E-state index in [1.807, 2.05) is 0 Å². The van der Waals surface area contributed by atoms with Crippen molar-refractivity contribution in [3.63, 3.8) is 0 Å². The van der Waals surface area contributed by atoms with Gasteiger partial charge < -0.3 is 4.90 Å². The smallest absolute Gasteiger partial charge is 0.212 e. The maximum atomic E-state index is 12.9. The molecule has 1 aliphatic heterocycles. The normalized spacial score (nSPS) is 26.1. The number of Topliss-reactive ketones (excluding diaryl/α,β-unsaturated/α-hetero) is 1. The van der Waals surface area contributed by atoms with Crippen LogP contribution >= 0.6 is 11.5 Å². The molecule has 0 amide bonds. The number of piperazine rings is 1. The number of nitrogens with zero attached hydrogens (tertiary/aromatic N) is 4. The SMILES string of the molecule is Cc1ccc(Cc2nsc(N3CCN(CCNS(=O)(=O)CC45CCC(CC4=O)C5(C)C)CC3)n2)cc1. The van der Waals surface area contributed by atoms with Gasteiger partial charge in [0.2, 0.25) is 15.2 Å². The molecule has 3 fully saturated rings. The van der Waals surface area contributed by atoms with Crippen LogP contribution in [-0.4, -0.2) is 73.5 Å². The highest BCUT2D eigenvalue weighted by Gasteiger charge is 2.65. The second-order valence-electron chi connectivity index (χ2n) is 11.3. The quantitative estimate of drug-likeness (QED) is 0.532. The van der Waals surface area contributed by atoms with Crippen LogP contribution in [0.25, 0.3) is 0 Å². The summed E-state index contributed by atoms with van der Waals surface area (Å²) < 4.78 is 33.2. The van der Waals surface area contributed by atoms with Crippen molar-refractivity contribution in [1.29, 1.82) is 0 Å². The van der Waals surface area contributed by atoms with Crippen LogP contribution in [-0.2, 0) is 21.2 Å². The molecule has 2 aliphatic carbocycles. The average Bonchev–Trinajstić information content (AvgIpc) is 3.44. The Morgan fingerprint density at radius 3 is 2.50 bits per heavy atom. The molecule has 5 rings (SSSR count). The lowest BCUT2D eigenvalue weighted by Gasteiger charge is -2.36. The fourth-order valence-corrected chi connectivity index (χ4v) is 8.91. The Kier molecular flexibility index (Phi) is 6.99. The summed E-state index contributed by atoms with van der Waals surface area (Å²) in [5, 5.41) is 0.954. The molecular formula is C26H37N5O3S2. The largest absolute Gasteiger partial charge is 0.344 e. The lowest BCUT2D eigenvalue weighted by atomic mass is 9.70. The average molecular weight is 532 g/mol. The van der Waals surface area contributed by atoms with Crippen molar-refractivity contribution in [2.24, 2.45) is 16.7 Å². The predicted molar refractivity (Wildman–Crippen MR) is 143 cm³/mol. The summed E-state index contributed by atoms with van der Waals surface area (Å²) in [6.45, 7) is 10.7. The Morgan fingerprint density at radius 2 is 1.86 bits per heavy atom. The van der Waals surface area contributed by atoms with Gasteiger partial charge in [-0.3, -0.25) is 9.69 Å². The van der Waals surface area contributed by atoms with Crippen molar-refractivity contribution in [2.45, 2.75) is 46.5 Å². The zero-order valence-electron chi connectivity index (χ0n) is 21.5. The lowest BCUT2D eigenvalue weighted by Crippen LogP contribution is -2.49. The van der Waals surface area contributed by atoms with Crippen LogP contribution in [0.1, 0.15) is 50.1 Å². The molecule has 2 saturated carbocycles. The van der Waals surface area contributed by atoms with Crippen LogP contribution in [0.5, 0.6) is 0 Å². The third-order valence-corrected chi connectivity index (χ3v) is 11.2. The van der Waals surface area contributed by atoms with Gasteiger partial charge in [0.15, 0.2) is 0 Å². The Bertz CT molecular complexity index is 1200. The molecule has 196 valence electrons. The number of nitrogens with one attached hydrogen (secondary N) is 1. The van der Waals surface area contributed by atoms with Crippen LogP contribution in [0.15, 0.2) is 24.3 Å². The van der Waals surface area contributed by atoms with Crippen molar-refractivity contribution in [3.05, 3.63) is 41.2 Å². The van der Waals surface area contributed by atoms with Crippen molar-refractivity contribution in [2.75, 3.05) is 49.9 Å². The van der Waals surface area contributed by atoms with Crippen LogP contribution in [0.3, 0.4) is 0 Å². The van der Waals surface area contributed by atoms with Gasteiger partial charge in [-0.05, 0) is 36.7 Å².